The average Bonchev–Trinajstić information content (AvgIpc) is 2.97. The Labute approximate surface area is 228 Å². The minimum absolute atomic E-state index is 0.0575. The van der Waals surface area contributed by atoms with Crippen LogP contribution in [0.1, 0.15) is 53.5 Å². The Kier molecular flexibility index (Phi) is 7.96. The average molecular weight is 524 g/mol. The van der Waals surface area contributed by atoms with Gasteiger partial charge >= 0.3 is 0 Å². The van der Waals surface area contributed by atoms with E-state index in [1.807, 2.05) is 80.6 Å². The van der Waals surface area contributed by atoms with Gasteiger partial charge in [0.05, 0.1) is 6.61 Å². The summed E-state index contributed by atoms with van der Waals surface area (Å²) in [6.45, 7) is 5.60. The minimum Gasteiger partial charge on any atom is -0.494 e. The number of aromatic nitrogens is 1. The lowest BCUT2D eigenvalue weighted by atomic mass is 9.97. The zero-order chi connectivity index (χ0) is 27.2. The van der Waals surface area contributed by atoms with Crippen LogP contribution in [0.3, 0.4) is 0 Å². The summed E-state index contributed by atoms with van der Waals surface area (Å²) in [6.07, 6.45) is 2.45. The summed E-state index contributed by atoms with van der Waals surface area (Å²) in [7, 11) is 0. The summed E-state index contributed by atoms with van der Waals surface area (Å²) in [4.78, 5) is 28.7. The van der Waals surface area contributed by atoms with E-state index in [9.17, 15) is 9.59 Å². The van der Waals surface area contributed by atoms with Gasteiger partial charge in [-0.25, -0.2) is 0 Å². The van der Waals surface area contributed by atoms with Crippen molar-refractivity contribution < 1.29 is 14.3 Å². The molecule has 0 radical (unpaired) electrons. The van der Waals surface area contributed by atoms with Gasteiger partial charge in [0, 0.05) is 24.4 Å². The summed E-state index contributed by atoms with van der Waals surface area (Å²) in [5, 5.41) is 2.11. The van der Waals surface area contributed by atoms with Gasteiger partial charge in [-0.15, -0.1) is 0 Å². The van der Waals surface area contributed by atoms with Crippen molar-refractivity contribution in [3.8, 4) is 11.5 Å². The molecule has 1 aromatic heterocycles. The third kappa shape index (κ3) is 5.39. The van der Waals surface area contributed by atoms with E-state index in [-0.39, 0.29) is 35.4 Å². The summed E-state index contributed by atoms with van der Waals surface area (Å²) < 4.78 is 13.9. The van der Waals surface area contributed by atoms with Crippen LogP contribution in [0.2, 0.25) is 0 Å². The fourth-order valence-corrected chi connectivity index (χ4v) is 5.03. The van der Waals surface area contributed by atoms with Crippen LogP contribution < -0.4 is 19.9 Å². The molecule has 0 saturated heterocycles. The second-order valence-electron chi connectivity index (χ2n) is 9.41. The molecule has 3 aromatic carbocycles. The molecule has 39 heavy (non-hydrogen) atoms. The summed E-state index contributed by atoms with van der Waals surface area (Å²) in [5.41, 5.74) is 2.82. The standard InChI is InChI=1S/C32H33N3O4/c1-3-20-33-23-35(29(25-15-9-6-10-16-25)26-17-11-12-18-28(26)38-4-2)34-21-19-27(36)31(30(34)32(33)37)39-22-24-13-7-5-8-14-24/h5-19,21,29H,3-4,20,22-23H2,1-2H3. The predicted octanol–water partition coefficient (Wildman–Crippen LogP) is 5.38. The molecule has 5 rings (SSSR count). The Morgan fingerprint density at radius 3 is 2.23 bits per heavy atom. The Morgan fingerprint density at radius 1 is 0.821 bits per heavy atom. The number of amides is 1. The van der Waals surface area contributed by atoms with Crippen LogP contribution >= 0.6 is 0 Å². The van der Waals surface area contributed by atoms with Gasteiger partial charge in [-0.1, -0.05) is 85.8 Å². The van der Waals surface area contributed by atoms with Gasteiger partial charge in [0.2, 0.25) is 5.43 Å². The number of para-hydroxylation sites is 1. The normalized spacial score (nSPS) is 13.6. The van der Waals surface area contributed by atoms with Crippen molar-refractivity contribution in [1.29, 1.82) is 0 Å². The van der Waals surface area contributed by atoms with Crippen LogP contribution in [-0.4, -0.2) is 35.3 Å². The van der Waals surface area contributed by atoms with Gasteiger partial charge in [-0.05, 0) is 30.5 Å². The van der Waals surface area contributed by atoms with Gasteiger partial charge in [-0.2, -0.15) is 0 Å². The number of pyridine rings is 1. The Bertz CT molecular complexity index is 1470. The van der Waals surface area contributed by atoms with E-state index in [1.165, 1.54) is 6.07 Å². The van der Waals surface area contributed by atoms with E-state index in [0.717, 1.165) is 28.9 Å². The van der Waals surface area contributed by atoms with Crippen molar-refractivity contribution in [2.75, 3.05) is 24.8 Å². The summed E-state index contributed by atoms with van der Waals surface area (Å²) in [6, 6.07) is 28.9. The van der Waals surface area contributed by atoms with Gasteiger partial charge < -0.3 is 14.4 Å². The molecule has 0 N–H and O–H groups in total. The second kappa shape index (κ2) is 11.9. The van der Waals surface area contributed by atoms with E-state index >= 15 is 0 Å². The molecule has 7 heteroatoms. The number of carbonyl (C=O) groups excluding carboxylic acids is 1. The van der Waals surface area contributed by atoms with Crippen LogP contribution in [0.4, 0.5) is 0 Å². The first-order chi connectivity index (χ1) is 19.1. The number of hydrogen-bond acceptors (Lipinski definition) is 5. The first-order valence-electron chi connectivity index (χ1n) is 13.4. The van der Waals surface area contributed by atoms with Gasteiger partial charge in [0.1, 0.15) is 25.1 Å². The highest BCUT2D eigenvalue weighted by Gasteiger charge is 2.37. The maximum atomic E-state index is 13.8. The van der Waals surface area contributed by atoms with Crippen LogP contribution in [-0.2, 0) is 6.61 Å². The van der Waals surface area contributed by atoms with Crippen LogP contribution in [0.15, 0.2) is 102 Å². The van der Waals surface area contributed by atoms with Gasteiger partial charge in [0.25, 0.3) is 5.91 Å². The maximum Gasteiger partial charge on any atom is 0.277 e. The molecule has 7 nitrogen and oxygen atoms in total. The van der Waals surface area contributed by atoms with E-state index in [4.69, 9.17) is 9.47 Å². The van der Waals surface area contributed by atoms with Crippen molar-refractivity contribution in [3.05, 3.63) is 130 Å². The van der Waals surface area contributed by atoms with Crippen LogP contribution in [0.5, 0.6) is 11.5 Å². The Morgan fingerprint density at radius 2 is 1.51 bits per heavy atom. The lowest BCUT2D eigenvalue weighted by Crippen LogP contribution is -2.55. The van der Waals surface area contributed by atoms with Gasteiger partial charge in [-0.3, -0.25) is 19.3 Å². The SMILES string of the molecule is CCCN1CN(C(c2ccccc2)c2ccccc2OCC)n2ccc(=O)c(OCc3ccccc3)c2C1=O. The van der Waals surface area contributed by atoms with E-state index in [1.54, 1.807) is 15.8 Å². The Hall–Kier alpha value is -4.52. The quantitative estimate of drug-likeness (QED) is 0.279. The summed E-state index contributed by atoms with van der Waals surface area (Å²) >= 11 is 0. The van der Waals surface area contributed by atoms with Crippen molar-refractivity contribution >= 4 is 5.91 Å². The smallest absolute Gasteiger partial charge is 0.277 e. The summed E-state index contributed by atoms with van der Waals surface area (Å²) in [5.74, 6) is 0.608. The number of carbonyl (C=O) groups is 1. The molecule has 0 spiro atoms. The maximum absolute atomic E-state index is 13.8. The highest BCUT2D eigenvalue weighted by atomic mass is 16.5. The number of rotatable bonds is 10. The van der Waals surface area contributed by atoms with Crippen LogP contribution in [0.25, 0.3) is 0 Å². The molecule has 0 bridgehead atoms. The number of hydrogen-bond donors (Lipinski definition) is 0. The molecule has 1 amide bonds. The molecule has 4 aromatic rings. The largest absolute Gasteiger partial charge is 0.494 e. The molecule has 0 fully saturated rings. The molecular weight excluding hydrogens is 490 g/mol. The van der Waals surface area contributed by atoms with Crippen molar-refractivity contribution in [2.45, 2.75) is 32.9 Å². The molecule has 1 unspecified atom stereocenters. The lowest BCUT2D eigenvalue weighted by Gasteiger charge is -2.44. The van der Waals surface area contributed by atoms with E-state index < -0.39 is 0 Å². The molecule has 0 aliphatic carbocycles. The third-order valence-corrected chi connectivity index (χ3v) is 6.76. The molecular formula is C32H33N3O4. The molecule has 200 valence electrons. The van der Waals surface area contributed by atoms with E-state index in [2.05, 4.69) is 23.2 Å². The molecule has 0 saturated carbocycles. The Balaban J connectivity index is 1.68. The van der Waals surface area contributed by atoms with E-state index in [0.29, 0.717) is 19.8 Å². The predicted molar refractivity (Wildman–Crippen MR) is 152 cm³/mol. The fraction of sp³-hybridized carbons (Fsp3) is 0.250. The topological polar surface area (TPSA) is 64.0 Å². The highest BCUT2D eigenvalue weighted by molar-refractivity contribution is 5.96. The third-order valence-electron chi connectivity index (χ3n) is 6.76. The number of ether oxygens (including phenoxy) is 2. The van der Waals surface area contributed by atoms with Crippen molar-refractivity contribution in [3.63, 3.8) is 0 Å². The van der Waals surface area contributed by atoms with Crippen LogP contribution in [0, 0.1) is 0 Å². The monoisotopic (exact) mass is 523 g/mol. The number of benzene rings is 3. The van der Waals surface area contributed by atoms with Crippen molar-refractivity contribution in [1.82, 2.24) is 9.58 Å². The lowest BCUT2D eigenvalue weighted by molar-refractivity contribution is 0.0676. The number of nitrogens with zero attached hydrogens (tertiary/aromatic N) is 3. The molecule has 2 heterocycles. The number of fused-ring (bicyclic) bond motifs is 1. The first-order valence-corrected chi connectivity index (χ1v) is 13.4. The molecule has 1 aliphatic heterocycles. The highest BCUT2D eigenvalue weighted by Crippen LogP contribution is 2.36. The first kappa shape index (κ1) is 26.1. The second-order valence-corrected chi connectivity index (χ2v) is 9.41. The molecule has 1 atom stereocenters. The molecule has 1 aliphatic rings. The van der Waals surface area contributed by atoms with Crippen molar-refractivity contribution in [2.24, 2.45) is 0 Å². The zero-order valence-corrected chi connectivity index (χ0v) is 22.3. The minimum atomic E-state index is -0.324. The fourth-order valence-electron chi connectivity index (χ4n) is 5.03. The zero-order valence-electron chi connectivity index (χ0n) is 22.3. The van der Waals surface area contributed by atoms with Gasteiger partial charge in [0.15, 0.2) is 11.4 Å².